The second-order valence-electron chi connectivity index (χ2n) is 10.0. The molecular formula is C29H38N4O. The number of para-hydroxylation sites is 1. The van der Waals surface area contributed by atoms with Gasteiger partial charge in [-0.25, -0.2) is 0 Å². The largest absolute Gasteiger partial charge is 0.356 e. The molecule has 3 heterocycles. The molecule has 5 nitrogen and oxygen atoms in total. The summed E-state index contributed by atoms with van der Waals surface area (Å²) in [5.41, 5.74) is 3.98. The zero-order chi connectivity index (χ0) is 23.2. The number of amides is 1. The number of nitrogens with zero attached hydrogens (tertiary/aromatic N) is 3. The van der Waals surface area contributed by atoms with Gasteiger partial charge in [0, 0.05) is 36.8 Å². The average molecular weight is 459 g/mol. The number of likely N-dealkylation sites (tertiary alicyclic amines) is 2. The molecule has 0 unspecified atom stereocenters. The lowest BCUT2D eigenvalue weighted by Gasteiger charge is -2.31. The average Bonchev–Trinajstić information content (AvgIpc) is 3.51. The quantitative estimate of drug-likeness (QED) is 0.480. The molecule has 180 valence electrons. The summed E-state index contributed by atoms with van der Waals surface area (Å²) in [5.74, 6) is 0.428. The first-order valence-corrected chi connectivity index (χ1v) is 13.1. The monoisotopic (exact) mass is 458 g/mol. The smallest absolute Gasteiger partial charge is 0.223 e. The number of fused-ring (bicyclic) bond motifs is 1. The van der Waals surface area contributed by atoms with Gasteiger partial charge < -0.3 is 14.8 Å². The van der Waals surface area contributed by atoms with E-state index in [9.17, 15) is 4.79 Å². The minimum absolute atomic E-state index is 0.165. The Bertz CT molecular complexity index is 1060. The van der Waals surface area contributed by atoms with Gasteiger partial charge in [-0.15, -0.1) is 0 Å². The standard InChI is InChI=1S/C29H38N4O/c34-29(30-15-8-18-31-16-6-7-17-31)25-13-19-32(20-14-25)23-27-21-26-11-4-5-12-28(26)33(27)22-24-9-2-1-3-10-24/h1-5,9-12,21,25H,6-8,13-20,22-23H2,(H,30,34). The lowest BCUT2D eigenvalue weighted by atomic mass is 9.95. The SMILES string of the molecule is O=C(NCCCN1CCCC1)C1CCN(Cc2cc3ccccc3n2Cc2ccccc2)CC1. The predicted molar refractivity (Wildman–Crippen MR) is 139 cm³/mol. The maximum Gasteiger partial charge on any atom is 0.223 e. The fraction of sp³-hybridized carbons (Fsp3) is 0.483. The second-order valence-corrected chi connectivity index (χ2v) is 10.0. The van der Waals surface area contributed by atoms with E-state index in [1.165, 1.54) is 48.1 Å². The van der Waals surface area contributed by atoms with Crippen LogP contribution in [0.3, 0.4) is 0 Å². The third-order valence-corrected chi connectivity index (χ3v) is 7.57. The molecule has 2 aliphatic rings. The fourth-order valence-electron chi connectivity index (χ4n) is 5.60. The highest BCUT2D eigenvalue weighted by molar-refractivity contribution is 5.81. The van der Waals surface area contributed by atoms with Gasteiger partial charge in [-0.2, -0.15) is 0 Å². The number of piperidine rings is 1. The van der Waals surface area contributed by atoms with E-state index in [0.717, 1.165) is 58.5 Å². The molecule has 0 radical (unpaired) electrons. The van der Waals surface area contributed by atoms with Crippen LogP contribution in [0.4, 0.5) is 0 Å². The van der Waals surface area contributed by atoms with Crippen molar-refractivity contribution in [3.8, 4) is 0 Å². The van der Waals surface area contributed by atoms with Crippen LogP contribution in [0.1, 0.15) is 43.4 Å². The van der Waals surface area contributed by atoms with Crippen molar-refractivity contribution < 1.29 is 4.79 Å². The molecule has 2 fully saturated rings. The number of rotatable bonds is 9. The van der Waals surface area contributed by atoms with Gasteiger partial charge in [-0.1, -0.05) is 48.5 Å². The van der Waals surface area contributed by atoms with Gasteiger partial charge in [-0.05, 0) is 87.9 Å². The normalized spacial score (nSPS) is 18.0. The molecule has 1 amide bonds. The molecule has 5 heteroatoms. The van der Waals surface area contributed by atoms with E-state index in [2.05, 4.69) is 80.3 Å². The van der Waals surface area contributed by atoms with E-state index in [0.29, 0.717) is 0 Å². The molecule has 2 aromatic carbocycles. The van der Waals surface area contributed by atoms with Crippen molar-refractivity contribution in [1.82, 2.24) is 19.7 Å². The van der Waals surface area contributed by atoms with Gasteiger partial charge in [0.1, 0.15) is 0 Å². The molecule has 0 aliphatic carbocycles. The highest BCUT2D eigenvalue weighted by atomic mass is 16.1. The summed E-state index contributed by atoms with van der Waals surface area (Å²) in [7, 11) is 0. The van der Waals surface area contributed by atoms with Crippen LogP contribution in [0, 0.1) is 5.92 Å². The Morgan fingerprint density at radius 1 is 0.853 bits per heavy atom. The van der Waals surface area contributed by atoms with Crippen LogP contribution in [0.25, 0.3) is 10.9 Å². The van der Waals surface area contributed by atoms with E-state index in [4.69, 9.17) is 0 Å². The first-order chi connectivity index (χ1) is 16.8. The number of carbonyl (C=O) groups is 1. The maximum atomic E-state index is 12.7. The number of hydrogen-bond donors (Lipinski definition) is 1. The Morgan fingerprint density at radius 3 is 2.38 bits per heavy atom. The summed E-state index contributed by atoms with van der Waals surface area (Å²) in [5, 5.41) is 4.51. The minimum atomic E-state index is 0.165. The molecular weight excluding hydrogens is 420 g/mol. The van der Waals surface area contributed by atoms with Crippen LogP contribution in [0.15, 0.2) is 60.7 Å². The van der Waals surface area contributed by atoms with E-state index in [1.54, 1.807) is 0 Å². The zero-order valence-corrected chi connectivity index (χ0v) is 20.3. The zero-order valence-electron chi connectivity index (χ0n) is 20.3. The van der Waals surface area contributed by atoms with E-state index in [-0.39, 0.29) is 11.8 Å². The van der Waals surface area contributed by atoms with Crippen LogP contribution in [0.5, 0.6) is 0 Å². The van der Waals surface area contributed by atoms with Crippen LogP contribution < -0.4 is 5.32 Å². The third kappa shape index (κ3) is 5.70. The van der Waals surface area contributed by atoms with Gasteiger partial charge in [-0.3, -0.25) is 9.69 Å². The predicted octanol–water partition coefficient (Wildman–Crippen LogP) is 4.50. The summed E-state index contributed by atoms with van der Waals surface area (Å²) >= 11 is 0. The van der Waals surface area contributed by atoms with Crippen LogP contribution in [-0.4, -0.2) is 59.5 Å². The Kier molecular flexibility index (Phi) is 7.62. The molecule has 0 saturated carbocycles. The van der Waals surface area contributed by atoms with Gasteiger partial charge in [0.25, 0.3) is 0 Å². The Balaban J connectivity index is 1.14. The topological polar surface area (TPSA) is 40.5 Å². The molecule has 1 aromatic heterocycles. The number of aromatic nitrogens is 1. The van der Waals surface area contributed by atoms with Crippen molar-refractivity contribution in [2.45, 2.75) is 45.2 Å². The molecule has 2 aliphatic heterocycles. The van der Waals surface area contributed by atoms with Crippen molar-refractivity contribution in [1.29, 1.82) is 0 Å². The van der Waals surface area contributed by atoms with E-state index >= 15 is 0 Å². The summed E-state index contributed by atoms with van der Waals surface area (Å²) < 4.78 is 2.46. The Morgan fingerprint density at radius 2 is 1.59 bits per heavy atom. The lowest BCUT2D eigenvalue weighted by Crippen LogP contribution is -2.41. The van der Waals surface area contributed by atoms with Gasteiger partial charge in [0.05, 0.1) is 0 Å². The second kappa shape index (κ2) is 11.2. The molecule has 1 N–H and O–H groups in total. The van der Waals surface area contributed by atoms with Gasteiger partial charge in [0.2, 0.25) is 5.91 Å². The Hall–Kier alpha value is -2.63. The number of nitrogens with one attached hydrogen (secondary N) is 1. The molecule has 34 heavy (non-hydrogen) atoms. The fourth-order valence-corrected chi connectivity index (χ4v) is 5.60. The van der Waals surface area contributed by atoms with Crippen molar-refractivity contribution in [2.75, 3.05) is 39.3 Å². The molecule has 2 saturated heterocycles. The van der Waals surface area contributed by atoms with Crippen LogP contribution >= 0.6 is 0 Å². The lowest BCUT2D eigenvalue weighted by molar-refractivity contribution is -0.126. The number of hydrogen-bond acceptors (Lipinski definition) is 3. The molecule has 3 aromatic rings. The molecule has 0 atom stereocenters. The number of carbonyl (C=O) groups excluding carboxylic acids is 1. The van der Waals surface area contributed by atoms with Crippen LogP contribution in [0.2, 0.25) is 0 Å². The summed E-state index contributed by atoms with van der Waals surface area (Å²) in [6.07, 6.45) is 5.64. The Labute approximate surface area is 203 Å². The highest BCUT2D eigenvalue weighted by Crippen LogP contribution is 2.25. The van der Waals surface area contributed by atoms with E-state index in [1.807, 2.05) is 0 Å². The first-order valence-electron chi connectivity index (χ1n) is 13.1. The van der Waals surface area contributed by atoms with Crippen molar-refractivity contribution in [3.63, 3.8) is 0 Å². The maximum absolute atomic E-state index is 12.7. The molecule has 0 bridgehead atoms. The molecule has 0 spiro atoms. The summed E-state index contributed by atoms with van der Waals surface area (Å²) in [4.78, 5) is 17.7. The van der Waals surface area contributed by atoms with Crippen molar-refractivity contribution in [3.05, 3.63) is 71.9 Å². The summed E-state index contributed by atoms with van der Waals surface area (Å²) in [6, 6.07) is 21.7. The van der Waals surface area contributed by atoms with E-state index < -0.39 is 0 Å². The first kappa shape index (κ1) is 23.1. The van der Waals surface area contributed by atoms with Gasteiger partial charge >= 0.3 is 0 Å². The molecule has 5 rings (SSSR count). The highest BCUT2D eigenvalue weighted by Gasteiger charge is 2.25. The number of benzene rings is 2. The minimum Gasteiger partial charge on any atom is -0.356 e. The third-order valence-electron chi connectivity index (χ3n) is 7.57. The van der Waals surface area contributed by atoms with Crippen molar-refractivity contribution >= 4 is 16.8 Å². The van der Waals surface area contributed by atoms with Crippen LogP contribution in [-0.2, 0) is 17.9 Å². The van der Waals surface area contributed by atoms with Gasteiger partial charge in [0.15, 0.2) is 0 Å². The summed E-state index contributed by atoms with van der Waals surface area (Å²) in [6.45, 7) is 8.20. The van der Waals surface area contributed by atoms with Crippen molar-refractivity contribution in [2.24, 2.45) is 5.92 Å².